The average molecular weight is 1520 g/mol. The molecule has 2 amide bonds. The summed E-state index contributed by atoms with van der Waals surface area (Å²) < 4.78 is 85.8. The van der Waals surface area contributed by atoms with E-state index in [1.165, 1.54) is 73.1 Å². The van der Waals surface area contributed by atoms with Gasteiger partial charge in [-0.3, -0.25) is 18.7 Å². The van der Waals surface area contributed by atoms with Gasteiger partial charge in [-0.15, -0.1) is 11.3 Å². The first kappa shape index (κ1) is 85.5. The minimum absolute atomic E-state index is 0.123. The first-order valence-corrected chi connectivity index (χ1v) is 39.6. The van der Waals surface area contributed by atoms with Crippen LogP contribution in [0.5, 0.6) is 23.0 Å². The fourth-order valence-corrected chi connectivity index (χ4v) is 14.2. The number of thiophene rings is 1. The summed E-state index contributed by atoms with van der Waals surface area (Å²) in [4.78, 5) is 47.9. The molecule has 0 radical (unpaired) electrons. The molecule has 109 heavy (non-hydrogen) atoms. The van der Waals surface area contributed by atoms with Crippen LogP contribution in [-0.2, 0) is 73.9 Å². The van der Waals surface area contributed by atoms with Gasteiger partial charge < -0.3 is 38.0 Å². The van der Waals surface area contributed by atoms with Crippen LogP contribution in [0, 0.1) is 41.4 Å². The first-order valence-electron chi connectivity index (χ1n) is 38.7. The van der Waals surface area contributed by atoms with Gasteiger partial charge in [0.2, 0.25) is 11.8 Å². The number of alkyl halides is 4. The molecule has 14 nitrogen and oxygen atoms in total. The number of aryl methyl sites for hydroxylation is 3. The van der Waals surface area contributed by atoms with Crippen LogP contribution in [0.4, 0.5) is 28.9 Å². The third-order valence-corrected chi connectivity index (χ3v) is 19.2. The van der Waals surface area contributed by atoms with E-state index in [1.807, 2.05) is 83.3 Å². The number of carbonyl (C=O) groups is 2. The predicted octanol–water partition coefficient (Wildman–Crippen LogP) is 22.3. The molecule has 4 aliphatic heterocycles. The predicted molar refractivity (Wildman–Crippen MR) is 435 cm³/mol. The maximum Gasteiger partial charge on any atom is 0.507 e. The number of hydrogen-bond acceptors (Lipinski definition) is 11. The van der Waals surface area contributed by atoms with Crippen molar-refractivity contribution < 1.29 is 54.9 Å². The Hall–Kier alpha value is -9.10. The quantitative estimate of drug-likeness (QED) is 0.0924. The number of halogens is 4. The zero-order chi connectivity index (χ0) is 79.6. The SMILES string of the molecule is CC(C)Cc1ccc2c(c1)N(C)C(=O)CC2.CC(C)Cc1ccc2c(c1)NC(=O)CC2.CC(C)Cc1ccc2c(c1)OC(F)(F)C(F)(F)O2.CC(C)Cc1ccc2c(c1)OCCO2.CC(C)Cc1ccc2oc(=O)n(C(C)C)c2c1.CC(C)Cc1ccc2sccc2c1.CCn1c(=O)oc2ccc(CC(C)C)cc21. The second-order valence-electron chi connectivity index (χ2n) is 32.0. The fourth-order valence-electron chi connectivity index (χ4n) is 13.5. The zero-order valence-electron chi connectivity index (χ0n) is 67.1. The van der Waals surface area contributed by atoms with E-state index in [1.54, 1.807) is 20.1 Å². The lowest BCUT2D eigenvalue weighted by molar-refractivity contribution is -0.391. The summed E-state index contributed by atoms with van der Waals surface area (Å²) >= 11 is 1.81. The molecule has 0 spiro atoms. The Kier molecular flexibility index (Phi) is 30.6. The lowest BCUT2D eigenvalue weighted by Gasteiger charge is -2.32. The molecule has 1 N–H and O–H groups in total. The Morgan fingerprint density at radius 3 is 1.42 bits per heavy atom. The molecule has 19 heteroatoms. The number of oxazole rings is 2. The lowest BCUT2D eigenvalue weighted by atomic mass is 9.96. The molecule has 0 atom stereocenters. The smallest absolute Gasteiger partial charge is 0.486 e. The molecular formula is C90H114F4N4O10S. The van der Waals surface area contributed by atoms with E-state index in [2.05, 4.69) is 188 Å². The van der Waals surface area contributed by atoms with Gasteiger partial charge in [0.1, 0.15) is 13.2 Å². The highest BCUT2D eigenvalue weighted by molar-refractivity contribution is 7.17. The average Bonchev–Trinajstić information content (AvgIpc) is 1.44. The molecule has 10 aromatic rings. The maximum absolute atomic E-state index is 13.0. The number of aromatic nitrogens is 2. The van der Waals surface area contributed by atoms with Crippen molar-refractivity contribution in [1.29, 1.82) is 0 Å². The molecule has 0 saturated heterocycles. The number of hydrogen-bond donors (Lipinski definition) is 1. The Labute approximate surface area is 645 Å². The number of carbonyl (C=O) groups excluding carboxylic acids is 2. The number of rotatable bonds is 16. The summed E-state index contributed by atoms with van der Waals surface area (Å²) in [6.07, 6.45) is 0.842. The second-order valence-corrected chi connectivity index (χ2v) is 32.9. The van der Waals surface area contributed by atoms with E-state index < -0.39 is 12.2 Å². The van der Waals surface area contributed by atoms with Crippen molar-refractivity contribution in [3.05, 3.63) is 210 Å². The summed E-state index contributed by atoms with van der Waals surface area (Å²) in [6.45, 7) is 38.4. The first-order chi connectivity index (χ1) is 51.5. The van der Waals surface area contributed by atoms with Gasteiger partial charge in [0, 0.05) is 48.6 Å². The van der Waals surface area contributed by atoms with Crippen LogP contribution in [-0.4, -0.2) is 53.4 Å². The maximum atomic E-state index is 13.0. The number of anilines is 2. The van der Waals surface area contributed by atoms with Crippen LogP contribution >= 0.6 is 11.3 Å². The summed E-state index contributed by atoms with van der Waals surface area (Å²) in [5.41, 5.74) is 16.5. The summed E-state index contributed by atoms with van der Waals surface area (Å²) in [6, 6.07) is 44.4. The number of nitrogens with one attached hydrogen (secondary N) is 1. The lowest BCUT2D eigenvalue weighted by Crippen LogP contribution is -2.52. The van der Waals surface area contributed by atoms with Crippen molar-refractivity contribution in [2.45, 2.75) is 213 Å². The Bertz CT molecular complexity index is 4770. The number of ether oxygens (including phenoxy) is 4. The molecule has 7 aromatic carbocycles. The summed E-state index contributed by atoms with van der Waals surface area (Å²) in [7, 11) is 1.87. The molecule has 4 aliphatic rings. The molecule has 14 rings (SSSR count). The van der Waals surface area contributed by atoms with Crippen molar-refractivity contribution in [3.63, 3.8) is 0 Å². The zero-order valence-corrected chi connectivity index (χ0v) is 68.0. The Morgan fingerprint density at radius 1 is 0.440 bits per heavy atom. The molecule has 588 valence electrons. The minimum atomic E-state index is -4.66. The molecule has 0 saturated carbocycles. The van der Waals surface area contributed by atoms with Crippen LogP contribution < -0.4 is 40.7 Å². The third-order valence-electron chi connectivity index (χ3n) is 18.3. The molecular weight excluding hydrogens is 1410 g/mol. The van der Waals surface area contributed by atoms with Crippen LogP contribution in [0.2, 0.25) is 0 Å². The van der Waals surface area contributed by atoms with Crippen LogP contribution in [0.25, 0.3) is 32.3 Å². The normalized spacial score (nSPS) is 14.4. The van der Waals surface area contributed by atoms with E-state index in [9.17, 15) is 36.7 Å². The van der Waals surface area contributed by atoms with Gasteiger partial charge in [-0.1, -0.05) is 158 Å². The van der Waals surface area contributed by atoms with Crippen LogP contribution in [0.15, 0.2) is 157 Å². The topological polar surface area (TPSA) is 157 Å². The Balaban J connectivity index is 0.000000160. The highest BCUT2D eigenvalue weighted by atomic mass is 32.1. The number of fused-ring (bicyclic) bond motifs is 7. The van der Waals surface area contributed by atoms with E-state index in [4.69, 9.17) is 18.3 Å². The molecule has 0 bridgehead atoms. The van der Waals surface area contributed by atoms with E-state index in [0.29, 0.717) is 85.7 Å². The number of amides is 2. The van der Waals surface area contributed by atoms with Crippen molar-refractivity contribution in [3.8, 4) is 23.0 Å². The van der Waals surface area contributed by atoms with Gasteiger partial charge in [0.05, 0.1) is 11.0 Å². The van der Waals surface area contributed by atoms with Gasteiger partial charge in [-0.2, -0.15) is 17.6 Å². The third kappa shape index (κ3) is 24.7. The molecule has 0 unspecified atom stereocenters. The van der Waals surface area contributed by atoms with Crippen molar-refractivity contribution in [2.75, 3.05) is 30.5 Å². The Morgan fingerprint density at radius 2 is 0.872 bits per heavy atom. The largest absolute Gasteiger partial charge is 0.507 e. The summed E-state index contributed by atoms with van der Waals surface area (Å²) in [5, 5.41) is 6.48. The second kappa shape index (κ2) is 39.0. The highest BCUT2D eigenvalue weighted by Gasteiger charge is 2.66. The van der Waals surface area contributed by atoms with E-state index >= 15 is 0 Å². The van der Waals surface area contributed by atoms with Gasteiger partial charge >= 0.3 is 23.7 Å². The van der Waals surface area contributed by atoms with Gasteiger partial charge in [0.15, 0.2) is 34.2 Å². The highest BCUT2D eigenvalue weighted by Crippen LogP contribution is 2.47. The monoisotopic (exact) mass is 1520 g/mol. The van der Waals surface area contributed by atoms with E-state index in [-0.39, 0.29) is 40.9 Å². The fraction of sp³-hybridized carbons (Fsp3) is 0.467. The van der Waals surface area contributed by atoms with Crippen LogP contribution in [0.1, 0.15) is 187 Å². The summed E-state index contributed by atoms with van der Waals surface area (Å²) in [5.74, 6) is 5.16. The van der Waals surface area contributed by atoms with E-state index in [0.717, 1.165) is 90.3 Å². The number of nitrogens with zero attached hydrogens (tertiary/aromatic N) is 3. The minimum Gasteiger partial charge on any atom is -0.486 e. The number of benzene rings is 7. The molecule has 0 fully saturated rings. The molecule has 0 aliphatic carbocycles. The standard InChI is InChI=1S/C14H19NO2.C14H19NO.C13H17NO2.C13H17NO.C12H12F4O2.C12H16O2.C12H14S/c1-9(2)7-11-5-6-13-12(8-11)15(10(3)4)14(16)17-13;1-10(2)8-11-4-5-12-6-7-14(16)15(3)13(12)9-11;1-4-14-11-8-10(7-9(2)3)5-6-12(11)16-13(14)15;1-9(2)7-10-3-4-11-5-6-13(15)14-12(11)8-10;1-7(2)5-8-3-4-9-10(6-8)18-12(15,16)11(13,14)17-9;1-9(2)7-10-3-4-11-12(8-10)14-6-5-13-11;1-9(2)7-10-3-4-12-11(8-10)5-6-13-12/h5-6,8-10H,7H2,1-4H3;4-5,9-10H,6-8H2,1-3H3;5-6,8-9H,4,7H2,1-3H3;3-4,8-9H,5-7H2,1-2H3,(H,14,15);3-4,6-7H,5H2,1-2H3;3-4,8-9H,5-7H2,1-2H3;3-6,8-9H,7H2,1-2H3. The molecule has 7 heterocycles. The van der Waals surface area contributed by atoms with Crippen LogP contribution in [0.3, 0.4) is 0 Å². The van der Waals surface area contributed by atoms with Gasteiger partial charge in [0.25, 0.3) is 0 Å². The molecule has 3 aromatic heterocycles. The van der Waals surface area contributed by atoms with Crippen molar-refractivity contribution >= 4 is 66.8 Å². The van der Waals surface area contributed by atoms with Crippen molar-refractivity contribution in [1.82, 2.24) is 9.13 Å². The van der Waals surface area contributed by atoms with Gasteiger partial charge in [-0.25, -0.2) is 9.59 Å². The van der Waals surface area contributed by atoms with Crippen molar-refractivity contribution in [2.24, 2.45) is 41.4 Å². The van der Waals surface area contributed by atoms with Gasteiger partial charge in [-0.05, 0) is 254 Å².